The fourth-order valence-corrected chi connectivity index (χ4v) is 4.10. The van der Waals surface area contributed by atoms with Gasteiger partial charge in [-0.05, 0) is 54.4 Å². The molecule has 0 aliphatic carbocycles. The van der Waals surface area contributed by atoms with E-state index in [0.717, 1.165) is 11.3 Å². The van der Waals surface area contributed by atoms with Crippen LogP contribution in [0, 0.1) is 6.92 Å². The predicted molar refractivity (Wildman–Crippen MR) is 118 cm³/mol. The fraction of sp³-hybridized carbons (Fsp3) is 0.174. The van der Waals surface area contributed by atoms with Gasteiger partial charge in [-0.15, -0.1) is 0 Å². The van der Waals surface area contributed by atoms with Gasteiger partial charge in [0.15, 0.2) is 5.75 Å². The number of hydrogen-bond donors (Lipinski definition) is 1. The Morgan fingerprint density at radius 1 is 1.00 bits per heavy atom. The summed E-state index contributed by atoms with van der Waals surface area (Å²) in [5, 5.41) is 15.5. The Balaban J connectivity index is 1.72. The van der Waals surface area contributed by atoms with Crippen molar-refractivity contribution >= 4 is 34.1 Å². The van der Waals surface area contributed by atoms with Crippen molar-refractivity contribution < 1.29 is 23.0 Å². The van der Waals surface area contributed by atoms with Crippen LogP contribution in [0.25, 0.3) is 16.6 Å². The lowest BCUT2D eigenvalue weighted by molar-refractivity contribution is -0.275. The van der Waals surface area contributed by atoms with Gasteiger partial charge in [0.2, 0.25) is 5.60 Å². The van der Waals surface area contributed by atoms with E-state index in [-0.39, 0.29) is 21.4 Å². The molecule has 0 bridgehead atoms. The van der Waals surface area contributed by atoms with Crippen molar-refractivity contribution in [2.75, 3.05) is 6.61 Å². The molecule has 4 nitrogen and oxygen atoms in total. The highest BCUT2D eigenvalue weighted by atomic mass is 35.5. The van der Waals surface area contributed by atoms with Crippen molar-refractivity contribution in [3.63, 3.8) is 0 Å². The summed E-state index contributed by atoms with van der Waals surface area (Å²) in [5.74, 6) is -0.125. The second-order valence-corrected chi connectivity index (χ2v) is 8.18. The molecule has 1 atom stereocenters. The van der Waals surface area contributed by atoms with Gasteiger partial charge in [-0.1, -0.05) is 47.5 Å². The van der Waals surface area contributed by atoms with Crippen molar-refractivity contribution in [1.29, 1.82) is 0 Å². The number of aryl methyl sites for hydroxylation is 1. The summed E-state index contributed by atoms with van der Waals surface area (Å²) in [6.07, 6.45) is -3.59. The van der Waals surface area contributed by atoms with Crippen LogP contribution in [0.4, 0.5) is 13.2 Å². The van der Waals surface area contributed by atoms with Gasteiger partial charge in [-0.2, -0.15) is 18.3 Å². The van der Waals surface area contributed by atoms with E-state index < -0.39 is 18.4 Å². The molecule has 0 saturated carbocycles. The first-order valence-corrected chi connectivity index (χ1v) is 10.3. The zero-order valence-electron chi connectivity index (χ0n) is 16.7. The number of nitrogens with zero attached hydrogens (tertiary/aromatic N) is 2. The van der Waals surface area contributed by atoms with Crippen LogP contribution in [-0.2, 0) is 5.60 Å². The highest BCUT2D eigenvalue weighted by molar-refractivity contribution is 6.37. The molecule has 0 aliphatic rings. The maximum Gasteiger partial charge on any atom is 0.424 e. The number of aliphatic hydroxyl groups is 1. The number of rotatable bonds is 5. The molecule has 4 aromatic rings. The third kappa shape index (κ3) is 4.03. The molecule has 1 heterocycles. The Labute approximate surface area is 191 Å². The predicted octanol–water partition coefficient (Wildman–Crippen LogP) is 6.47. The first kappa shape index (κ1) is 22.5. The number of halogens is 5. The van der Waals surface area contributed by atoms with Gasteiger partial charge in [0.25, 0.3) is 0 Å². The molecule has 3 aromatic carbocycles. The van der Waals surface area contributed by atoms with Gasteiger partial charge >= 0.3 is 6.18 Å². The third-order valence-electron chi connectivity index (χ3n) is 5.08. The van der Waals surface area contributed by atoms with Crippen molar-refractivity contribution in [2.45, 2.75) is 18.7 Å². The summed E-state index contributed by atoms with van der Waals surface area (Å²) >= 11 is 12.2. The summed E-state index contributed by atoms with van der Waals surface area (Å²) in [7, 11) is 0. The second kappa shape index (κ2) is 8.31. The van der Waals surface area contributed by atoms with Crippen LogP contribution in [0.5, 0.6) is 5.75 Å². The van der Waals surface area contributed by atoms with Crippen LogP contribution in [0.3, 0.4) is 0 Å². The molecule has 1 unspecified atom stereocenters. The molecule has 0 radical (unpaired) electrons. The first-order valence-electron chi connectivity index (χ1n) is 9.51. The number of benzene rings is 3. The van der Waals surface area contributed by atoms with Crippen LogP contribution in [0.1, 0.15) is 11.1 Å². The number of para-hydroxylation sites is 1. The summed E-state index contributed by atoms with van der Waals surface area (Å²) in [6.45, 7) is 0.607. The maximum absolute atomic E-state index is 14.0. The average molecular weight is 481 g/mol. The maximum atomic E-state index is 14.0. The fourth-order valence-electron chi connectivity index (χ4n) is 3.40. The number of alkyl halides is 3. The number of hydrogen-bond acceptors (Lipinski definition) is 3. The average Bonchev–Trinajstić information content (AvgIpc) is 3.16. The number of ether oxygens (including phenoxy) is 1. The SMILES string of the molecule is Cc1cc(Cl)c(OCC(O)(c2ccc3c(cnn3-c3ccccc3)c2)C(F)(F)F)c(Cl)c1. The monoisotopic (exact) mass is 480 g/mol. The van der Waals surface area contributed by atoms with Crippen molar-refractivity contribution in [1.82, 2.24) is 9.78 Å². The minimum atomic E-state index is -5.03. The summed E-state index contributed by atoms with van der Waals surface area (Å²) in [6, 6.07) is 16.1. The molecular formula is C23H17Cl2F3N2O2. The number of aromatic nitrogens is 2. The van der Waals surface area contributed by atoms with Gasteiger partial charge in [0, 0.05) is 5.39 Å². The Morgan fingerprint density at radius 3 is 2.28 bits per heavy atom. The van der Waals surface area contributed by atoms with Crippen molar-refractivity contribution in [3.05, 3.63) is 88.0 Å². The molecule has 9 heteroatoms. The van der Waals surface area contributed by atoms with E-state index >= 15 is 0 Å². The lowest BCUT2D eigenvalue weighted by Gasteiger charge is -2.31. The zero-order valence-corrected chi connectivity index (χ0v) is 18.2. The Morgan fingerprint density at radius 2 is 1.66 bits per heavy atom. The topological polar surface area (TPSA) is 47.3 Å². The second-order valence-electron chi connectivity index (χ2n) is 7.37. The first-order chi connectivity index (χ1) is 15.1. The normalized spacial score (nSPS) is 13.8. The van der Waals surface area contributed by atoms with Crippen LogP contribution in [0.15, 0.2) is 66.9 Å². The molecule has 0 fully saturated rings. The van der Waals surface area contributed by atoms with E-state index in [0.29, 0.717) is 10.9 Å². The van der Waals surface area contributed by atoms with E-state index in [4.69, 9.17) is 27.9 Å². The summed E-state index contributed by atoms with van der Waals surface area (Å²) in [5.41, 5.74) is -1.61. The van der Waals surface area contributed by atoms with Gasteiger partial charge in [-0.25, -0.2) is 4.68 Å². The molecule has 166 valence electrons. The van der Waals surface area contributed by atoms with Gasteiger partial charge in [0.05, 0.1) is 27.4 Å². The standard InChI is InChI=1S/C23H17Cl2F3N2O2/c1-14-9-18(24)21(19(25)10-14)32-13-22(31,23(26,27)28)16-7-8-20-15(11-16)12-29-30(20)17-5-3-2-4-6-17/h2-12,31H,13H2,1H3. The molecule has 1 aromatic heterocycles. The molecule has 1 N–H and O–H groups in total. The summed E-state index contributed by atoms with van der Waals surface area (Å²) < 4.78 is 48.9. The van der Waals surface area contributed by atoms with E-state index in [2.05, 4.69) is 5.10 Å². The molecular weight excluding hydrogens is 464 g/mol. The molecule has 0 amide bonds. The highest BCUT2D eigenvalue weighted by Crippen LogP contribution is 2.42. The molecule has 0 saturated heterocycles. The van der Waals surface area contributed by atoms with Crippen molar-refractivity contribution in [3.8, 4) is 11.4 Å². The lowest BCUT2D eigenvalue weighted by Crippen LogP contribution is -2.47. The Bertz CT molecular complexity index is 1250. The van der Waals surface area contributed by atoms with Gasteiger partial charge in [0.1, 0.15) is 6.61 Å². The van der Waals surface area contributed by atoms with Crippen LogP contribution >= 0.6 is 23.2 Å². The van der Waals surface area contributed by atoms with E-state index in [1.54, 1.807) is 11.6 Å². The Kier molecular flexibility index (Phi) is 5.83. The minimum absolute atomic E-state index is 0.0547. The van der Waals surface area contributed by atoms with Gasteiger partial charge < -0.3 is 9.84 Å². The minimum Gasteiger partial charge on any atom is -0.487 e. The largest absolute Gasteiger partial charge is 0.487 e. The van der Waals surface area contributed by atoms with Crippen LogP contribution < -0.4 is 4.74 Å². The van der Waals surface area contributed by atoms with Crippen LogP contribution in [-0.4, -0.2) is 27.7 Å². The van der Waals surface area contributed by atoms with Crippen molar-refractivity contribution in [2.24, 2.45) is 0 Å². The molecule has 0 spiro atoms. The quantitative estimate of drug-likeness (QED) is 0.356. The van der Waals surface area contributed by atoms with E-state index in [9.17, 15) is 18.3 Å². The van der Waals surface area contributed by atoms with Gasteiger partial charge in [-0.3, -0.25) is 0 Å². The molecule has 0 aliphatic heterocycles. The van der Waals surface area contributed by atoms with E-state index in [1.807, 2.05) is 30.3 Å². The molecule has 32 heavy (non-hydrogen) atoms. The van der Waals surface area contributed by atoms with Crippen LogP contribution in [0.2, 0.25) is 10.0 Å². The van der Waals surface area contributed by atoms with E-state index in [1.165, 1.54) is 36.5 Å². The summed E-state index contributed by atoms with van der Waals surface area (Å²) in [4.78, 5) is 0. The smallest absolute Gasteiger partial charge is 0.424 e. The molecule has 4 rings (SSSR count). The lowest BCUT2D eigenvalue weighted by atomic mass is 9.93. The zero-order chi connectivity index (χ0) is 23.1. The third-order valence-corrected chi connectivity index (χ3v) is 5.64. The Hall–Kier alpha value is -2.74. The highest BCUT2D eigenvalue weighted by Gasteiger charge is 2.56. The number of fused-ring (bicyclic) bond motifs is 1.